The molecule has 1 N–H and O–H groups in total. The van der Waals surface area contributed by atoms with Crippen LogP contribution >= 0.6 is 0 Å². The van der Waals surface area contributed by atoms with Crippen molar-refractivity contribution in [1.29, 1.82) is 0 Å². The Bertz CT molecular complexity index is 147. The lowest BCUT2D eigenvalue weighted by Crippen LogP contribution is -1.92. The molecule has 1 unspecified atom stereocenters. The average Bonchev–Trinajstić information content (AvgIpc) is 2.10. The molecule has 0 bridgehead atoms. The minimum atomic E-state index is 0.139. The Morgan fingerprint density at radius 1 is 1.25 bits per heavy atom. The summed E-state index contributed by atoms with van der Waals surface area (Å²) in [5.41, 5.74) is 0. The number of allylic oxidation sites excluding steroid dienone is 3. The van der Waals surface area contributed by atoms with Crippen LogP contribution in [0.1, 0.15) is 19.3 Å². The van der Waals surface area contributed by atoms with Crippen LogP contribution in [0.3, 0.4) is 0 Å². The lowest BCUT2D eigenvalue weighted by molar-refractivity contribution is 0.342. The lowest BCUT2D eigenvalue weighted by Gasteiger charge is -2.06. The van der Waals surface area contributed by atoms with Gasteiger partial charge in [-0.3, -0.25) is 0 Å². The molecule has 0 aliphatic rings. The molecule has 0 fully saturated rings. The van der Waals surface area contributed by atoms with Gasteiger partial charge in [-0.1, -0.05) is 24.3 Å². The fourth-order valence-electron chi connectivity index (χ4n) is 1.05. The molecule has 1 nitrogen and oxygen atoms in total. The third-order valence-electron chi connectivity index (χ3n) is 1.78. The highest BCUT2D eigenvalue weighted by Crippen LogP contribution is 2.12. The first-order valence-electron chi connectivity index (χ1n) is 4.34. The summed E-state index contributed by atoms with van der Waals surface area (Å²) in [4.78, 5) is 0. The Morgan fingerprint density at radius 3 is 2.50 bits per heavy atom. The number of aliphatic hydroxyl groups is 1. The Morgan fingerprint density at radius 2 is 2.00 bits per heavy atom. The third kappa shape index (κ3) is 5.93. The molecule has 0 saturated carbocycles. The first-order valence-corrected chi connectivity index (χ1v) is 4.34. The van der Waals surface area contributed by atoms with Gasteiger partial charge in [0.15, 0.2) is 0 Å². The van der Waals surface area contributed by atoms with E-state index in [0.29, 0.717) is 5.92 Å². The van der Waals surface area contributed by atoms with Gasteiger partial charge in [0, 0.05) is 0 Å². The molecule has 1 heteroatoms. The zero-order valence-corrected chi connectivity index (χ0v) is 7.58. The van der Waals surface area contributed by atoms with Gasteiger partial charge in [0.2, 0.25) is 0 Å². The molecular formula is C11H18O. The topological polar surface area (TPSA) is 20.2 Å². The van der Waals surface area contributed by atoms with Crippen LogP contribution in [-0.2, 0) is 0 Å². The fourth-order valence-corrected chi connectivity index (χ4v) is 1.05. The van der Waals surface area contributed by atoms with Crippen molar-refractivity contribution < 1.29 is 5.11 Å². The first-order chi connectivity index (χ1) is 5.85. The molecule has 0 aromatic rings. The van der Waals surface area contributed by atoms with Crippen molar-refractivity contribution >= 4 is 0 Å². The van der Waals surface area contributed by atoms with Crippen LogP contribution in [-0.4, -0.2) is 11.7 Å². The quantitative estimate of drug-likeness (QED) is 0.576. The lowest BCUT2D eigenvalue weighted by atomic mass is 10.00. The molecule has 0 spiro atoms. The minimum Gasteiger partial charge on any atom is -0.392 e. The van der Waals surface area contributed by atoms with Crippen molar-refractivity contribution in [2.45, 2.75) is 19.3 Å². The second-order valence-corrected chi connectivity index (χ2v) is 2.75. The molecule has 0 rings (SSSR count). The van der Waals surface area contributed by atoms with Crippen LogP contribution in [0.5, 0.6) is 0 Å². The Balaban J connectivity index is 3.50. The molecule has 0 amide bonds. The van der Waals surface area contributed by atoms with Crippen molar-refractivity contribution in [1.82, 2.24) is 0 Å². The maximum absolute atomic E-state index is 8.47. The Labute approximate surface area is 75.1 Å². The summed E-state index contributed by atoms with van der Waals surface area (Å²) >= 11 is 0. The highest BCUT2D eigenvalue weighted by molar-refractivity contribution is 4.88. The van der Waals surface area contributed by atoms with E-state index >= 15 is 0 Å². The van der Waals surface area contributed by atoms with E-state index in [-0.39, 0.29) is 6.61 Å². The molecule has 68 valence electrons. The van der Waals surface area contributed by atoms with Crippen molar-refractivity contribution in [3.05, 3.63) is 37.5 Å². The second kappa shape index (κ2) is 8.28. The van der Waals surface area contributed by atoms with Gasteiger partial charge in [-0.2, -0.15) is 0 Å². The zero-order chi connectivity index (χ0) is 9.23. The van der Waals surface area contributed by atoms with E-state index in [9.17, 15) is 0 Å². The van der Waals surface area contributed by atoms with E-state index in [1.807, 2.05) is 18.2 Å². The van der Waals surface area contributed by atoms with Crippen molar-refractivity contribution in [2.24, 2.45) is 5.92 Å². The highest BCUT2D eigenvalue weighted by Gasteiger charge is 1.98. The van der Waals surface area contributed by atoms with Crippen molar-refractivity contribution in [3.8, 4) is 0 Å². The highest BCUT2D eigenvalue weighted by atomic mass is 16.2. The summed E-state index contributed by atoms with van der Waals surface area (Å²) in [6, 6.07) is 0. The van der Waals surface area contributed by atoms with Crippen molar-refractivity contribution in [2.75, 3.05) is 6.61 Å². The van der Waals surface area contributed by atoms with Crippen molar-refractivity contribution in [3.63, 3.8) is 0 Å². The summed E-state index contributed by atoms with van der Waals surface area (Å²) in [5, 5.41) is 8.47. The first kappa shape index (κ1) is 11.2. The monoisotopic (exact) mass is 166 g/mol. The predicted molar refractivity (Wildman–Crippen MR) is 54.0 cm³/mol. The summed E-state index contributed by atoms with van der Waals surface area (Å²) in [6.07, 6.45) is 10.7. The smallest absolute Gasteiger partial charge is 0.0612 e. The van der Waals surface area contributed by atoms with Gasteiger partial charge in [0.1, 0.15) is 0 Å². The zero-order valence-electron chi connectivity index (χ0n) is 7.58. The van der Waals surface area contributed by atoms with Gasteiger partial charge in [-0.15, -0.1) is 13.2 Å². The molecule has 0 aromatic carbocycles. The van der Waals surface area contributed by atoms with Gasteiger partial charge in [-0.25, -0.2) is 0 Å². The average molecular weight is 166 g/mol. The van der Waals surface area contributed by atoms with Crippen LogP contribution in [0.4, 0.5) is 0 Å². The predicted octanol–water partition coefficient (Wildman–Crippen LogP) is 2.69. The largest absolute Gasteiger partial charge is 0.392 e. The maximum Gasteiger partial charge on any atom is 0.0612 e. The van der Waals surface area contributed by atoms with E-state index in [2.05, 4.69) is 13.2 Å². The normalized spacial score (nSPS) is 13.1. The van der Waals surface area contributed by atoms with Gasteiger partial charge in [0.25, 0.3) is 0 Å². The molecule has 0 heterocycles. The third-order valence-corrected chi connectivity index (χ3v) is 1.78. The van der Waals surface area contributed by atoms with Crippen LogP contribution in [0.15, 0.2) is 37.5 Å². The minimum absolute atomic E-state index is 0.139. The summed E-state index contributed by atoms with van der Waals surface area (Å²) in [7, 11) is 0. The SMILES string of the molecule is C=CCC(C=C)CC/C=C/CO. The Kier molecular flexibility index (Phi) is 7.71. The van der Waals surface area contributed by atoms with E-state index in [1.54, 1.807) is 6.08 Å². The molecule has 0 aliphatic heterocycles. The van der Waals surface area contributed by atoms with Gasteiger partial charge < -0.3 is 5.11 Å². The number of rotatable bonds is 7. The molecular weight excluding hydrogens is 148 g/mol. The van der Waals surface area contributed by atoms with Gasteiger partial charge in [0.05, 0.1) is 6.61 Å². The van der Waals surface area contributed by atoms with Crippen LogP contribution < -0.4 is 0 Å². The van der Waals surface area contributed by atoms with E-state index in [1.165, 1.54) is 0 Å². The van der Waals surface area contributed by atoms with Gasteiger partial charge >= 0.3 is 0 Å². The van der Waals surface area contributed by atoms with Crippen LogP contribution in [0.25, 0.3) is 0 Å². The number of hydrogen-bond donors (Lipinski definition) is 1. The molecule has 12 heavy (non-hydrogen) atoms. The summed E-state index contributed by atoms with van der Waals surface area (Å²) < 4.78 is 0. The second-order valence-electron chi connectivity index (χ2n) is 2.75. The van der Waals surface area contributed by atoms with E-state index in [0.717, 1.165) is 19.3 Å². The molecule has 0 radical (unpaired) electrons. The molecule has 0 saturated heterocycles. The molecule has 0 aromatic heterocycles. The number of aliphatic hydroxyl groups excluding tert-OH is 1. The van der Waals surface area contributed by atoms with Crippen LogP contribution in [0, 0.1) is 5.92 Å². The van der Waals surface area contributed by atoms with E-state index in [4.69, 9.17) is 5.11 Å². The summed E-state index contributed by atoms with van der Waals surface area (Å²) in [5.74, 6) is 0.533. The van der Waals surface area contributed by atoms with Crippen LogP contribution in [0.2, 0.25) is 0 Å². The van der Waals surface area contributed by atoms with Gasteiger partial charge in [-0.05, 0) is 25.2 Å². The molecule has 0 aliphatic carbocycles. The fraction of sp³-hybridized carbons (Fsp3) is 0.455. The van der Waals surface area contributed by atoms with E-state index < -0.39 is 0 Å². The molecule has 1 atom stereocenters. The maximum atomic E-state index is 8.47. The standard InChI is InChI=1S/C11H18O/c1-3-8-11(4-2)9-6-5-7-10-12/h3-5,7,11-12H,1-2,6,8-10H2/b7-5+. The Hall–Kier alpha value is -0.820. The number of hydrogen-bond acceptors (Lipinski definition) is 1. The summed E-state index contributed by atoms with van der Waals surface area (Å²) in [6.45, 7) is 7.58.